The van der Waals surface area contributed by atoms with Crippen molar-refractivity contribution in [2.24, 2.45) is 0 Å². The fourth-order valence-corrected chi connectivity index (χ4v) is 1.97. The molecule has 1 fully saturated rings. The van der Waals surface area contributed by atoms with Crippen molar-refractivity contribution in [2.75, 3.05) is 6.54 Å². The summed E-state index contributed by atoms with van der Waals surface area (Å²) < 4.78 is 36.6. The molecule has 1 saturated carbocycles. The molecule has 1 heterocycles. The second-order valence-electron chi connectivity index (χ2n) is 3.62. The number of alkyl halides is 3. The van der Waals surface area contributed by atoms with Crippen LogP contribution in [0, 0.1) is 0 Å². The number of nitrogens with zero attached hydrogens (tertiary/aromatic N) is 1. The molecule has 0 spiro atoms. The minimum absolute atomic E-state index is 0.528. The first-order valence-corrected chi connectivity index (χ1v) is 5.68. The van der Waals surface area contributed by atoms with Gasteiger partial charge in [-0.05, 0) is 12.8 Å². The van der Waals surface area contributed by atoms with E-state index in [1.807, 2.05) is 0 Å². The van der Waals surface area contributed by atoms with Crippen molar-refractivity contribution in [3.8, 4) is 0 Å². The van der Waals surface area contributed by atoms with Crippen LogP contribution in [0.1, 0.15) is 23.5 Å². The van der Waals surface area contributed by atoms with Crippen LogP contribution in [0.5, 0.6) is 0 Å². The zero-order valence-electron chi connectivity index (χ0n) is 7.97. The summed E-state index contributed by atoms with van der Waals surface area (Å²) in [6.07, 6.45) is -1.36. The van der Waals surface area contributed by atoms with Crippen LogP contribution in [-0.4, -0.2) is 17.6 Å². The van der Waals surface area contributed by atoms with Gasteiger partial charge in [0.05, 0.1) is 5.69 Å². The van der Waals surface area contributed by atoms with Gasteiger partial charge >= 0.3 is 6.18 Å². The summed E-state index contributed by atoms with van der Waals surface area (Å²) in [5.41, 5.74) is 0.528. The monoisotopic (exact) mass is 236 g/mol. The Morgan fingerprint density at radius 2 is 2.20 bits per heavy atom. The van der Waals surface area contributed by atoms with E-state index in [9.17, 15) is 13.2 Å². The van der Waals surface area contributed by atoms with Gasteiger partial charge in [0.2, 0.25) is 0 Å². The molecule has 0 saturated heterocycles. The highest BCUT2D eigenvalue weighted by molar-refractivity contribution is 7.09. The average Bonchev–Trinajstić information content (AvgIpc) is 2.80. The van der Waals surface area contributed by atoms with Crippen molar-refractivity contribution < 1.29 is 13.2 Å². The molecule has 1 N–H and O–H groups in total. The molecule has 2 nitrogen and oxygen atoms in total. The van der Waals surface area contributed by atoms with E-state index in [0.717, 1.165) is 0 Å². The van der Waals surface area contributed by atoms with E-state index >= 15 is 0 Å². The molecule has 0 aromatic carbocycles. The maximum atomic E-state index is 12.2. The largest absolute Gasteiger partial charge is 0.443 e. The zero-order chi connectivity index (χ0) is 10.9. The van der Waals surface area contributed by atoms with Crippen LogP contribution >= 0.6 is 11.3 Å². The maximum Gasteiger partial charge on any atom is 0.443 e. The van der Waals surface area contributed by atoms with Gasteiger partial charge in [0.1, 0.15) is 0 Å². The highest BCUT2D eigenvalue weighted by Crippen LogP contribution is 2.31. The minimum atomic E-state index is -4.30. The number of rotatable bonds is 4. The summed E-state index contributed by atoms with van der Waals surface area (Å²) in [6.45, 7) is 0.714. The van der Waals surface area contributed by atoms with Gasteiger partial charge in [0.25, 0.3) is 0 Å². The summed E-state index contributed by atoms with van der Waals surface area (Å²) in [5, 5.41) is 3.97. The van der Waals surface area contributed by atoms with Crippen molar-refractivity contribution in [3.05, 3.63) is 16.1 Å². The van der Waals surface area contributed by atoms with E-state index in [1.54, 1.807) is 0 Å². The number of halogens is 3. The molecule has 0 radical (unpaired) electrons. The average molecular weight is 236 g/mol. The summed E-state index contributed by atoms with van der Waals surface area (Å²) in [4.78, 5) is 3.55. The summed E-state index contributed by atoms with van der Waals surface area (Å²) in [6, 6.07) is 0.589. The molecule has 0 unspecified atom stereocenters. The third-order valence-corrected chi connectivity index (χ3v) is 3.12. The SMILES string of the molecule is FC(F)(F)c1nc(CCNC2CC2)cs1. The first kappa shape index (κ1) is 10.9. The summed E-state index contributed by atoms with van der Waals surface area (Å²) in [7, 11) is 0. The lowest BCUT2D eigenvalue weighted by Gasteiger charge is -2.00. The standard InChI is InChI=1S/C9H11F3N2S/c10-9(11,12)8-14-7(5-15-8)3-4-13-6-1-2-6/h5-6,13H,1-4H2. The van der Waals surface area contributed by atoms with Gasteiger partial charge in [-0.3, -0.25) is 0 Å². The van der Waals surface area contributed by atoms with E-state index in [2.05, 4.69) is 10.3 Å². The fourth-order valence-electron chi connectivity index (χ4n) is 1.24. The van der Waals surface area contributed by atoms with E-state index in [0.29, 0.717) is 36.0 Å². The Labute approximate surface area is 89.5 Å². The van der Waals surface area contributed by atoms with Crippen molar-refractivity contribution in [2.45, 2.75) is 31.5 Å². The number of nitrogens with one attached hydrogen (secondary N) is 1. The van der Waals surface area contributed by atoms with Crippen LogP contribution in [0.3, 0.4) is 0 Å². The molecule has 6 heteroatoms. The molecule has 0 aliphatic heterocycles. The number of thiazole rings is 1. The van der Waals surface area contributed by atoms with Crippen LogP contribution in [-0.2, 0) is 12.6 Å². The fraction of sp³-hybridized carbons (Fsp3) is 0.667. The molecule has 0 atom stereocenters. The van der Waals surface area contributed by atoms with Crippen molar-refractivity contribution >= 4 is 11.3 Å². The third-order valence-electron chi connectivity index (χ3n) is 2.19. The Bertz CT molecular complexity index is 330. The van der Waals surface area contributed by atoms with Crippen molar-refractivity contribution in [3.63, 3.8) is 0 Å². The topological polar surface area (TPSA) is 24.9 Å². The maximum absolute atomic E-state index is 12.2. The van der Waals surface area contributed by atoms with Gasteiger partial charge in [0.15, 0.2) is 5.01 Å². The predicted molar refractivity (Wildman–Crippen MR) is 51.8 cm³/mol. The molecule has 15 heavy (non-hydrogen) atoms. The lowest BCUT2D eigenvalue weighted by molar-refractivity contribution is -0.137. The first-order valence-electron chi connectivity index (χ1n) is 4.80. The second kappa shape index (κ2) is 4.09. The van der Waals surface area contributed by atoms with Gasteiger partial charge < -0.3 is 5.32 Å². The molecule has 1 aromatic heterocycles. The van der Waals surface area contributed by atoms with E-state index in [-0.39, 0.29) is 0 Å². The van der Waals surface area contributed by atoms with Gasteiger partial charge in [-0.2, -0.15) is 13.2 Å². The van der Waals surface area contributed by atoms with E-state index < -0.39 is 11.2 Å². The van der Waals surface area contributed by atoms with Crippen LogP contribution in [0.25, 0.3) is 0 Å². The van der Waals surface area contributed by atoms with Crippen LogP contribution in [0.2, 0.25) is 0 Å². The zero-order valence-corrected chi connectivity index (χ0v) is 8.79. The Morgan fingerprint density at radius 3 is 2.73 bits per heavy atom. The molecule has 1 aromatic rings. The van der Waals surface area contributed by atoms with Crippen molar-refractivity contribution in [1.29, 1.82) is 0 Å². The van der Waals surface area contributed by atoms with E-state index in [1.165, 1.54) is 18.2 Å². The van der Waals surface area contributed by atoms with Gasteiger partial charge in [0, 0.05) is 24.4 Å². The molecular weight excluding hydrogens is 225 g/mol. The predicted octanol–water partition coefficient (Wildman–Crippen LogP) is 2.46. The van der Waals surface area contributed by atoms with E-state index in [4.69, 9.17) is 0 Å². The molecule has 0 amide bonds. The van der Waals surface area contributed by atoms with Crippen molar-refractivity contribution in [1.82, 2.24) is 10.3 Å². The quantitative estimate of drug-likeness (QED) is 0.868. The second-order valence-corrected chi connectivity index (χ2v) is 4.48. The Kier molecular flexibility index (Phi) is 2.97. The summed E-state index contributed by atoms with van der Waals surface area (Å²) >= 11 is 0.667. The number of hydrogen-bond donors (Lipinski definition) is 1. The van der Waals surface area contributed by atoms with Crippen LogP contribution in [0.4, 0.5) is 13.2 Å². The minimum Gasteiger partial charge on any atom is -0.314 e. The van der Waals surface area contributed by atoms with Gasteiger partial charge in [-0.1, -0.05) is 0 Å². The highest BCUT2D eigenvalue weighted by atomic mass is 32.1. The molecule has 0 bridgehead atoms. The Balaban J connectivity index is 1.83. The molecule has 1 aliphatic carbocycles. The summed E-state index contributed by atoms with van der Waals surface area (Å²) in [5.74, 6) is 0. The molecule has 1 aliphatic rings. The van der Waals surface area contributed by atoms with Crippen LogP contribution in [0.15, 0.2) is 5.38 Å². The van der Waals surface area contributed by atoms with Crippen LogP contribution < -0.4 is 5.32 Å². The smallest absolute Gasteiger partial charge is 0.314 e. The normalized spacial score (nSPS) is 17.0. The first-order chi connectivity index (χ1) is 7.05. The molecular formula is C9H11F3N2S. The Hall–Kier alpha value is -0.620. The lowest BCUT2D eigenvalue weighted by atomic mass is 10.3. The third kappa shape index (κ3) is 3.17. The number of hydrogen-bond acceptors (Lipinski definition) is 3. The Morgan fingerprint density at radius 1 is 1.47 bits per heavy atom. The van der Waals surface area contributed by atoms with Gasteiger partial charge in [-0.15, -0.1) is 11.3 Å². The lowest BCUT2D eigenvalue weighted by Crippen LogP contribution is -2.19. The van der Waals surface area contributed by atoms with Gasteiger partial charge in [-0.25, -0.2) is 4.98 Å². The molecule has 84 valence electrons. The highest BCUT2D eigenvalue weighted by Gasteiger charge is 2.34. The molecule has 2 rings (SSSR count). The number of aromatic nitrogens is 1.